The third-order valence-electron chi connectivity index (χ3n) is 16.4. The van der Waals surface area contributed by atoms with Crippen LogP contribution in [0.1, 0.15) is 74.4 Å². The summed E-state index contributed by atoms with van der Waals surface area (Å²) in [5.74, 6) is -6.70. The lowest BCUT2D eigenvalue weighted by atomic mass is 9.74. The molecular formula is C58H70ClF3N10O8. The molecule has 3 fully saturated rings. The van der Waals surface area contributed by atoms with Crippen LogP contribution in [0, 0.1) is 23.4 Å². The van der Waals surface area contributed by atoms with Crippen LogP contribution in [-0.2, 0) is 56.6 Å². The number of Topliss-reactive ketones (excluding diaryl/α,β-unsaturated/α-hetero) is 1. The lowest BCUT2D eigenvalue weighted by Gasteiger charge is -2.46. The van der Waals surface area contributed by atoms with Crippen molar-refractivity contribution >= 4 is 64.2 Å². The van der Waals surface area contributed by atoms with E-state index in [9.17, 15) is 23.6 Å². The number of rotatable bonds is 18. The highest BCUT2D eigenvalue weighted by Gasteiger charge is 2.57. The second-order valence-corrected chi connectivity index (χ2v) is 22.2. The topological polar surface area (TPSA) is 206 Å². The molecule has 4 aromatic carbocycles. The number of fused-ring (bicyclic) bond motifs is 2. The van der Waals surface area contributed by atoms with Crippen LogP contribution in [-0.4, -0.2) is 159 Å². The third kappa shape index (κ3) is 12.4. The standard InChI is InChI=1S/C58H70ClF3N10O8/c1-33-28-70(43(26-64-33)30-69-19-22-80-31-34(69)2)36(4)53(74)58(32-72(59)48-24-38(11-16-45(48)58)23-37-9-13-41(60)14-10-37)57(78)65-27-49(73)66-42-15-12-40-29-71(52(44(40)25-42)55(76)68-51-46(61)7-6-8-47(51)62)56(77)50(39-17-20-79-21-18-39)67-54(75)35(3)63-5/h6-16,24-25,33-36,39,43,50,52,63-64H,17-23,26-32H2,1-5H3,(H,65,78)(H,66,73)(H,67,75)(H,68,76)/t33-,34-,35+,36+,43-,50+,52+,58-/m1/s1. The first-order valence-electron chi connectivity index (χ1n) is 27.3. The molecule has 22 heteroatoms. The van der Waals surface area contributed by atoms with Crippen molar-refractivity contribution in [2.75, 3.05) is 87.8 Å². The monoisotopic (exact) mass is 1130 g/mol. The Morgan fingerprint density at radius 3 is 2.31 bits per heavy atom. The van der Waals surface area contributed by atoms with Gasteiger partial charge in [-0.25, -0.2) is 13.2 Å². The molecule has 4 aromatic rings. The summed E-state index contributed by atoms with van der Waals surface area (Å²) in [6.07, 6.45) is 1.29. The number of anilines is 3. The van der Waals surface area contributed by atoms with E-state index in [1.807, 2.05) is 26.0 Å². The van der Waals surface area contributed by atoms with Gasteiger partial charge in [0.25, 0.3) is 5.91 Å². The minimum absolute atomic E-state index is 0.0303. The van der Waals surface area contributed by atoms with Gasteiger partial charge in [-0.15, -0.1) is 0 Å². The number of ketones is 1. The van der Waals surface area contributed by atoms with Gasteiger partial charge in [-0.05, 0) is 125 Å². The van der Waals surface area contributed by atoms with Crippen LogP contribution in [0.4, 0.5) is 30.2 Å². The van der Waals surface area contributed by atoms with Crippen molar-refractivity contribution < 1.29 is 51.4 Å². The predicted octanol–water partition coefficient (Wildman–Crippen LogP) is 4.54. The van der Waals surface area contributed by atoms with Crippen molar-refractivity contribution in [3.63, 3.8) is 0 Å². The Bertz CT molecular complexity index is 2950. The highest BCUT2D eigenvalue weighted by molar-refractivity contribution is 6.30. The molecule has 0 unspecified atom stereocenters. The van der Waals surface area contributed by atoms with Crippen LogP contribution in [0.2, 0.25) is 0 Å². The molecule has 5 aliphatic heterocycles. The number of hydrogen-bond donors (Lipinski definition) is 6. The Morgan fingerprint density at radius 1 is 0.875 bits per heavy atom. The summed E-state index contributed by atoms with van der Waals surface area (Å²) in [5, 5.41) is 17.2. The first-order valence-corrected chi connectivity index (χ1v) is 27.7. The van der Waals surface area contributed by atoms with Crippen molar-refractivity contribution in [1.82, 2.24) is 36.0 Å². The number of nitrogens with zero attached hydrogens (tertiary/aromatic N) is 4. The van der Waals surface area contributed by atoms with Crippen molar-refractivity contribution in [3.8, 4) is 0 Å². The molecule has 0 aliphatic carbocycles. The Labute approximate surface area is 468 Å². The molecule has 5 heterocycles. The zero-order chi connectivity index (χ0) is 57.0. The molecule has 3 saturated heterocycles. The molecule has 0 spiro atoms. The fourth-order valence-corrected chi connectivity index (χ4v) is 12.1. The van der Waals surface area contributed by atoms with E-state index in [1.165, 1.54) is 27.5 Å². The zero-order valence-electron chi connectivity index (χ0n) is 45.6. The summed E-state index contributed by atoms with van der Waals surface area (Å²) in [7, 11) is 1.60. The molecule has 428 valence electrons. The van der Waals surface area contributed by atoms with E-state index in [2.05, 4.69) is 48.6 Å². The number of halogens is 4. The summed E-state index contributed by atoms with van der Waals surface area (Å²) in [4.78, 5) is 93.3. The number of ether oxygens (including phenoxy) is 2. The van der Waals surface area contributed by atoms with Gasteiger partial charge >= 0.3 is 0 Å². The molecule has 9 rings (SSSR count). The maximum atomic E-state index is 15.6. The van der Waals surface area contributed by atoms with Crippen LogP contribution in [0.3, 0.4) is 0 Å². The van der Waals surface area contributed by atoms with Gasteiger partial charge in [-0.1, -0.05) is 36.4 Å². The summed E-state index contributed by atoms with van der Waals surface area (Å²) >= 11 is 7.05. The molecule has 80 heavy (non-hydrogen) atoms. The molecule has 5 amide bonds. The molecule has 5 aliphatic rings. The minimum atomic E-state index is -1.90. The highest BCUT2D eigenvalue weighted by Crippen LogP contribution is 2.45. The van der Waals surface area contributed by atoms with E-state index in [4.69, 9.17) is 21.3 Å². The van der Waals surface area contributed by atoms with Gasteiger partial charge in [0, 0.05) is 87.1 Å². The summed E-state index contributed by atoms with van der Waals surface area (Å²) < 4.78 is 56.7. The molecule has 0 radical (unpaired) electrons. The van der Waals surface area contributed by atoms with E-state index in [1.54, 1.807) is 44.3 Å². The first kappa shape index (κ1) is 58.2. The fraction of sp³-hybridized carbons (Fsp3) is 0.483. The number of amides is 5. The normalized spacial score (nSPS) is 23.6. The van der Waals surface area contributed by atoms with Gasteiger partial charge in [-0.2, -0.15) is 0 Å². The SMILES string of the molecule is CN[C@@H](C)C(=O)N[C@H](C(=O)N1Cc2ccc(NC(=O)CNC(=O)[C@]3(C(=O)[C@H](C)N4C[C@@H](C)NC[C@@H]4CN4CCOC[C@H]4C)CN(Cl)c4cc(Cc5ccc(F)cc5)ccc43)cc2[C@H]1C(=O)Nc1c(F)cccc1F)C1CCOCC1. The lowest BCUT2D eigenvalue weighted by molar-refractivity contribution is -0.144. The maximum absolute atomic E-state index is 15.6. The summed E-state index contributed by atoms with van der Waals surface area (Å²) in [6.45, 7) is 11.0. The molecule has 18 nitrogen and oxygen atoms in total. The van der Waals surface area contributed by atoms with Crippen molar-refractivity contribution in [2.24, 2.45) is 5.92 Å². The summed E-state index contributed by atoms with van der Waals surface area (Å²) in [6, 6.07) is 15.3. The minimum Gasteiger partial charge on any atom is -0.381 e. The molecular weight excluding hydrogens is 1060 g/mol. The van der Waals surface area contributed by atoms with Gasteiger partial charge < -0.3 is 46.3 Å². The average Bonchev–Trinajstić information content (AvgIpc) is 4.03. The number of piperazine rings is 1. The maximum Gasteiger partial charge on any atom is 0.252 e. The van der Waals surface area contributed by atoms with E-state index < -0.39 is 88.8 Å². The number of carbonyl (C=O) groups is 6. The number of morpholine rings is 1. The third-order valence-corrected chi connectivity index (χ3v) is 16.7. The smallest absolute Gasteiger partial charge is 0.252 e. The Hall–Kier alpha value is -6.46. The van der Waals surface area contributed by atoms with Crippen molar-refractivity contribution in [3.05, 3.63) is 124 Å². The van der Waals surface area contributed by atoms with Crippen LogP contribution < -0.4 is 36.3 Å². The second kappa shape index (κ2) is 25.1. The number of likely N-dealkylation sites (N-methyl/N-ethyl adjacent to an activating group) is 1. The zero-order valence-corrected chi connectivity index (χ0v) is 46.3. The van der Waals surface area contributed by atoms with E-state index in [-0.39, 0.29) is 54.2 Å². The first-order chi connectivity index (χ1) is 38.4. The van der Waals surface area contributed by atoms with Crippen LogP contribution in [0.25, 0.3) is 0 Å². The largest absolute Gasteiger partial charge is 0.381 e. The van der Waals surface area contributed by atoms with Crippen LogP contribution in [0.15, 0.2) is 78.9 Å². The quantitative estimate of drug-likeness (QED) is 0.0599. The molecule has 0 bridgehead atoms. The number of hydrogen-bond acceptors (Lipinski definition) is 13. The predicted molar refractivity (Wildman–Crippen MR) is 295 cm³/mol. The van der Waals surface area contributed by atoms with Gasteiger partial charge in [0.2, 0.25) is 23.6 Å². The lowest BCUT2D eigenvalue weighted by Crippen LogP contribution is -2.66. The molecule has 0 saturated carbocycles. The van der Waals surface area contributed by atoms with E-state index in [0.717, 1.165) is 35.9 Å². The van der Waals surface area contributed by atoms with Gasteiger partial charge in [0.1, 0.15) is 35.2 Å². The van der Waals surface area contributed by atoms with E-state index >= 15 is 18.4 Å². The fourth-order valence-electron chi connectivity index (χ4n) is 11.8. The van der Waals surface area contributed by atoms with Gasteiger partial charge in [-0.3, -0.25) is 43.0 Å². The van der Waals surface area contributed by atoms with Gasteiger partial charge in [0.05, 0.1) is 44.1 Å². The number of carbonyl (C=O) groups excluding carboxylic acids is 6. The number of para-hydroxylation sites is 1. The second-order valence-electron chi connectivity index (χ2n) is 21.7. The van der Waals surface area contributed by atoms with Crippen molar-refractivity contribution in [2.45, 2.75) is 101 Å². The Morgan fingerprint density at radius 2 is 1.60 bits per heavy atom. The van der Waals surface area contributed by atoms with Gasteiger partial charge in [0.15, 0.2) is 11.2 Å². The van der Waals surface area contributed by atoms with Crippen molar-refractivity contribution in [1.29, 1.82) is 0 Å². The van der Waals surface area contributed by atoms with Crippen LogP contribution in [0.5, 0.6) is 0 Å². The average molecular weight is 1130 g/mol. The van der Waals surface area contributed by atoms with E-state index in [0.29, 0.717) is 82.1 Å². The Balaban J connectivity index is 0.986. The van der Waals surface area contributed by atoms with Crippen LogP contribution >= 0.6 is 11.8 Å². The highest BCUT2D eigenvalue weighted by atomic mass is 35.5. The Kier molecular flexibility index (Phi) is 18.3. The number of nitrogens with one attached hydrogen (secondary N) is 6. The summed E-state index contributed by atoms with van der Waals surface area (Å²) in [5.41, 5.74) is 0.701. The molecule has 6 N–H and O–H groups in total. The molecule has 0 aromatic heterocycles. The number of benzene rings is 4. The molecule has 8 atom stereocenters.